The first-order chi connectivity index (χ1) is 8.13. The van der Waals surface area contributed by atoms with Crippen molar-refractivity contribution in [3.05, 3.63) is 34.6 Å². The molecule has 0 bridgehead atoms. The normalized spacial score (nSPS) is 10.2. The maximum Gasteiger partial charge on any atom is 0.121 e. The number of pyridine rings is 1. The Balaban J connectivity index is 2.44. The molecule has 0 radical (unpaired) electrons. The van der Waals surface area contributed by atoms with E-state index in [2.05, 4.69) is 16.2 Å². The SMILES string of the molecule is Cc1nn(C)c(Sc2ncccc2Cl)c1C#N. The van der Waals surface area contributed by atoms with Crippen LogP contribution < -0.4 is 0 Å². The molecule has 17 heavy (non-hydrogen) atoms. The molecule has 0 saturated heterocycles. The van der Waals surface area contributed by atoms with Gasteiger partial charge in [0, 0.05) is 13.2 Å². The van der Waals surface area contributed by atoms with Crippen LogP contribution in [0.25, 0.3) is 0 Å². The van der Waals surface area contributed by atoms with Crippen molar-refractivity contribution < 1.29 is 0 Å². The molecule has 0 amide bonds. The summed E-state index contributed by atoms with van der Waals surface area (Å²) in [6.45, 7) is 1.81. The summed E-state index contributed by atoms with van der Waals surface area (Å²) in [4.78, 5) is 4.18. The lowest BCUT2D eigenvalue weighted by molar-refractivity contribution is 0.691. The van der Waals surface area contributed by atoms with E-state index in [1.807, 2.05) is 6.92 Å². The van der Waals surface area contributed by atoms with Gasteiger partial charge >= 0.3 is 0 Å². The van der Waals surface area contributed by atoms with E-state index < -0.39 is 0 Å². The minimum absolute atomic E-state index is 0.569. The Bertz CT molecular complexity index is 600. The molecule has 6 heteroatoms. The van der Waals surface area contributed by atoms with Crippen molar-refractivity contribution in [2.24, 2.45) is 7.05 Å². The molecule has 0 aliphatic rings. The van der Waals surface area contributed by atoms with Crippen LogP contribution in [0.1, 0.15) is 11.3 Å². The van der Waals surface area contributed by atoms with E-state index in [0.29, 0.717) is 21.3 Å². The summed E-state index contributed by atoms with van der Waals surface area (Å²) >= 11 is 7.38. The Morgan fingerprint density at radius 3 is 2.94 bits per heavy atom. The van der Waals surface area contributed by atoms with Gasteiger partial charge in [-0.3, -0.25) is 4.68 Å². The van der Waals surface area contributed by atoms with Crippen LogP contribution in [-0.2, 0) is 7.05 Å². The van der Waals surface area contributed by atoms with Crippen molar-refractivity contribution in [1.29, 1.82) is 5.26 Å². The Kier molecular flexibility index (Phi) is 3.36. The monoisotopic (exact) mass is 264 g/mol. The van der Waals surface area contributed by atoms with Gasteiger partial charge in [0.2, 0.25) is 0 Å². The van der Waals surface area contributed by atoms with Crippen LogP contribution in [0, 0.1) is 18.3 Å². The summed E-state index contributed by atoms with van der Waals surface area (Å²) in [5, 5.41) is 15.3. The van der Waals surface area contributed by atoms with Gasteiger partial charge in [0.05, 0.1) is 10.7 Å². The fourth-order valence-electron chi connectivity index (χ4n) is 1.42. The number of nitrogens with zero attached hydrogens (tertiary/aromatic N) is 4. The second-order valence-electron chi connectivity index (χ2n) is 3.39. The van der Waals surface area contributed by atoms with Crippen molar-refractivity contribution in [3.63, 3.8) is 0 Å². The van der Waals surface area contributed by atoms with Gasteiger partial charge in [0.1, 0.15) is 21.7 Å². The Morgan fingerprint density at radius 1 is 1.53 bits per heavy atom. The van der Waals surface area contributed by atoms with Gasteiger partial charge in [-0.25, -0.2) is 4.98 Å². The number of aryl methyl sites for hydroxylation is 2. The van der Waals surface area contributed by atoms with Crippen LogP contribution in [-0.4, -0.2) is 14.8 Å². The molecule has 2 aromatic heterocycles. The summed E-state index contributed by atoms with van der Waals surface area (Å²) in [7, 11) is 1.80. The van der Waals surface area contributed by atoms with Crippen LogP contribution in [0.5, 0.6) is 0 Å². The first kappa shape index (κ1) is 12.0. The largest absolute Gasteiger partial charge is 0.260 e. The number of halogens is 1. The molecule has 0 fully saturated rings. The smallest absolute Gasteiger partial charge is 0.121 e. The fraction of sp³-hybridized carbons (Fsp3) is 0.182. The highest BCUT2D eigenvalue weighted by Crippen LogP contribution is 2.33. The molecule has 0 N–H and O–H groups in total. The molecule has 0 aliphatic carbocycles. The minimum atomic E-state index is 0.569. The van der Waals surface area contributed by atoms with Gasteiger partial charge in [-0.15, -0.1) is 0 Å². The maximum absolute atomic E-state index is 9.09. The van der Waals surface area contributed by atoms with Crippen LogP contribution >= 0.6 is 23.4 Å². The quantitative estimate of drug-likeness (QED) is 0.837. The van der Waals surface area contributed by atoms with Crippen LogP contribution in [0.3, 0.4) is 0 Å². The van der Waals surface area contributed by atoms with Gasteiger partial charge in [0.25, 0.3) is 0 Å². The molecule has 0 aromatic carbocycles. The zero-order chi connectivity index (χ0) is 12.4. The molecule has 0 spiro atoms. The summed E-state index contributed by atoms with van der Waals surface area (Å²) in [5.74, 6) is 0. The molecule has 0 atom stereocenters. The molecule has 0 aliphatic heterocycles. The van der Waals surface area contributed by atoms with Crippen LogP contribution in [0.4, 0.5) is 0 Å². The van der Waals surface area contributed by atoms with E-state index in [4.69, 9.17) is 16.9 Å². The highest BCUT2D eigenvalue weighted by Gasteiger charge is 2.15. The number of hydrogen-bond donors (Lipinski definition) is 0. The Labute approximate surface area is 108 Å². The molecule has 2 heterocycles. The third-order valence-electron chi connectivity index (χ3n) is 2.20. The molecular formula is C11H9ClN4S. The molecule has 86 valence electrons. The van der Waals surface area contributed by atoms with Gasteiger partial charge in [0.15, 0.2) is 0 Å². The van der Waals surface area contributed by atoms with E-state index in [1.165, 1.54) is 11.8 Å². The standard InChI is InChI=1S/C11H9ClN4S/c1-7-8(6-13)11(16(2)15-7)17-10-9(12)4-3-5-14-10/h3-5H,1-2H3. The second kappa shape index (κ2) is 4.78. The molecule has 0 saturated carbocycles. The fourth-order valence-corrected chi connectivity index (χ4v) is 2.59. The summed E-state index contributed by atoms with van der Waals surface area (Å²) in [6, 6.07) is 5.69. The van der Waals surface area contributed by atoms with Crippen molar-refractivity contribution in [3.8, 4) is 6.07 Å². The first-order valence-corrected chi connectivity index (χ1v) is 6.05. The van der Waals surface area contributed by atoms with Gasteiger partial charge in [-0.1, -0.05) is 11.6 Å². The predicted molar refractivity (Wildman–Crippen MR) is 66.0 cm³/mol. The average molecular weight is 265 g/mol. The lowest BCUT2D eigenvalue weighted by atomic mass is 10.3. The molecule has 2 rings (SSSR count). The molecular weight excluding hydrogens is 256 g/mol. The second-order valence-corrected chi connectivity index (χ2v) is 4.78. The third kappa shape index (κ3) is 2.28. The van der Waals surface area contributed by atoms with Gasteiger partial charge < -0.3 is 0 Å². The zero-order valence-electron chi connectivity index (χ0n) is 9.31. The molecule has 2 aromatic rings. The first-order valence-electron chi connectivity index (χ1n) is 4.85. The van der Waals surface area contributed by atoms with Crippen LogP contribution in [0.2, 0.25) is 5.02 Å². The Morgan fingerprint density at radius 2 is 2.29 bits per heavy atom. The summed E-state index contributed by atoms with van der Waals surface area (Å²) in [5.41, 5.74) is 1.28. The van der Waals surface area contributed by atoms with Crippen molar-refractivity contribution in [2.75, 3.05) is 0 Å². The minimum Gasteiger partial charge on any atom is -0.260 e. The number of hydrogen-bond acceptors (Lipinski definition) is 4. The molecule has 4 nitrogen and oxygen atoms in total. The number of aromatic nitrogens is 3. The van der Waals surface area contributed by atoms with Gasteiger partial charge in [-0.2, -0.15) is 10.4 Å². The highest BCUT2D eigenvalue weighted by atomic mass is 35.5. The Hall–Kier alpha value is -1.51. The third-order valence-corrected chi connectivity index (χ3v) is 3.80. The van der Waals surface area contributed by atoms with Crippen molar-refractivity contribution in [2.45, 2.75) is 17.0 Å². The van der Waals surface area contributed by atoms with Crippen LogP contribution in [0.15, 0.2) is 28.4 Å². The lowest BCUT2D eigenvalue weighted by Gasteiger charge is -2.03. The maximum atomic E-state index is 9.09. The van der Waals surface area contributed by atoms with E-state index >= 15 is 0 Å². The van der Waals surface area contributed by atoms with E-state index in [9.17, 15) is 0 Å². The number of nitriles is 1. The van der Waals surface area contributed by atoms with Crippen molar-refractivity contribution in [1.82, 2.24) is 14.8 Å². The zero-order valence-corrected chi connectivity index (χ0v) is 10.9. The number of rotatable bonds is 2. The summed E-state index contributed by atoms with van der Waals surface area (Å²) in [6.07, 6.45) is 1.67. The lowest BCUT2D eigenvalue weighted by Crippen LogP contribution is -1.93. The highest BCUT2D eigenvalue weighted by molar-refractivity contribution is 7.99. The predicted octanol–water partition coefficient (Wildman–Crippen LogP) is 2.80. The topological polar surface area (TPSA) is 54.5 Å². The van der Waals surface area contributed by atoms with E-state index in [1.54, 1.807) is 30.1 Å². The summed E-state index contributed by atoms with van der Waals surface area (Å²) < 4.78 is 1.67. The van der Waals surface area contributed by atoms with Gasteiger partial charge in [-0.05, 0) is 30.8 Å². The average Bonchev–Trinajstić information content (AvgIpc) is 2.56. The van der Waals surface area contributed by atoms with E-state index in [0.717, 1.165) is 5.03 Å². The van der Waals surface area contributed by atoms with E-state index in [-0.39, 0.29) is 0 Å². The molecule has 0 unspecified atom stereocenters. The van der Waals surface area contributed by atoms with Crippen molar-refractivity contribution >= 4 is 23.4 Å².